The summed E-state index contributed by atoms with van der Waals surface area (Å²) in [4.78, 5) is 11.8. The number of ketones is 1. The lowest BCUT2D eigenvalue weighted by molar-refractivity contribution is 0.0966. The predicted octanol–water partition coefficient (Wildman–Crippen LogP) is 3.32. The number of aryl methyl sites for hydroxylation is 2. The van der Waals surface area contributed by atoms with Gasteiger partial charge in [-0.25, -0.2) is 0 Å². The second-order valence-corrected chi connectivity index (χ2v) is 4.07. The van der Waals surface area contributed by atoms with Gasteiger partial charge in [-0.3, -0.25) is 4.79 Å². The Hall–Kier alpha value is -1.83. The van der Waals surface area contributed by atoms with Gasteiger partial charge in [-0.05, 0) is 31.5 Å². The number of rotatable bonds is 3. The highest BCUT2D eigenvalue weighted by atomic mass is 16.3. The molecule has 1 heterocycles. The highest BCUT2D eigenvalue weighted by molar-refractivity contribution is 5.94. The van der Waals surface area contributed by atoms with Crippen molar-refractivity contribution < 1.29 is 9.21 Å². The number of benzene rings is 1. The number of furan rings is 1. The molecule has 0 aliphatic heterocycles. The van der Waals surface area contributed by atoms with Crippen LogP contribution in [0.2, 0.25) is 0 Å². The van der Waals surface area contributed by atoms with Crippen LogP contribution in [0.3, 0.4) is 0 Å². The minimum Gasteiger partial charge on any atom is -0.461 e. The maximum absolute atomic E-state index is 11.8. The van der Waals surface area contributed by atoms with Gasteiger partial charge in [-0.1, -0.05) is 29.3 Å². The Morgan fingerprint density at radius 3 is 2.44 bits per heavy atom. The molecular formula is C14H14O2. The standard InChI is InChI=1S/C14H14O2/c1-10-6-11(2)8-12(7-10)9-13(15)14-4-3-5-16-14/h3-8H,9H2,1-2H3. The van der Waals surface area contributed by atoms with Crippen LogP contribution in [0.1, 0.15) is 27.2 Å². The van der Waals surface area contributed by atoms with Gasteiger partial charge < -0.3 is 4.42 Å². The molecule has 82 valence electrons. The normalized spacial score (nSPS) is 10.4. The van der Waals surface area contributed by atoms with E-state index in [1.54, 1.807) is 12.1 Å². The molecule has 2 heteroatoms. The van der Waals surface area contributed by atoms with Crippen molar-refractivity contribution in [2.75, 3.05) is 0 Å². The summed E-state index contributed by atoms with van der Waals surface area (Å²) in [5.41, 5.74) is 3.41. The Kier molecular flexibility index (Phi) is 2.91. The van der Waals surface area contributed by atoms with Crippen LogP contribution in [0, 0.1) is 13.8 Å². The lowest BCUT2D eigenvalue weighted by atomic mass is 10.0. The number of carbonyl (C=O) groups excluding carboxylic acids is 1. The van der Waals surface area contributed by atoms with E-state index in [1.165, 1.54) is 17.4 Å². The minimum atomic E-state index is 0.0231. The molecule has 1 aromatic heterocycles. The molecule has 0 radical (unpaired) electrons. The fourth-order valence-corrected chi connectivity index (χ4v) is 1.88. The van der Waals surface area contributed by atoms with E-state index in [-0.39, 0.29) is 5.78 Å². The van der Waals surface area contributed by atoms with E-state index in [0.29, 0.717) is 12.2 Å². The molecule has 0 saturated carbocycles. The van der Waals surface area contributed by atoms with Crippen LogP contribution in [-0.2, 0) is 6.42 Å². The average Bonchev–Trinajstić information content (AvgIpc) is 2.68. The van der Waals surface area contributed by atoms with E-state index in [0.717, 1.165) is 5.56 Å². The van der Waals surface area contributed by atoms with Crippen molar-refractivity contribution in [1.82, 2.24) is 0 Å². The zero-order valence-corrected chi connectivity index (χ0v) is 9.49. The summed E-state index contributed by atoms with van der Waals surface area (Å²) in [5.74, 6) is 0.453. The molecule has 1 aromatic carbocycles. The summed E-state index contributed by atoms with van der Waals surface area (Å²) in [6, 6.07) is 9.60. The van der Waals surface area contributed by atoms with Crippen LogP contribution in [0.15, 0.2) is 41.0 Å². The summed E-state index contributed by atoms with van der Waals surface area (Å²) in [6.07, 6.45) is 1.92. The van der Waals surface area contributed by atoms with E-state index in [1.807, 2.05) is 26.0 Å². The van der Waals surface area contributed by atoms with Crippen molar-refractivity contribution in [3.8, 4) is 0 Å². The highest BCUT2D eigenvalue weighted by Gasteiger charge is 2.09. The molecular weight excluding hydrogens is 200 g/mol. The van der Waals surface area contributed by atoms with Gasteiger partial charge >= 0.3 is 0 Å². The molecule has 2 aromatic rings. The van der Waals surface area contributed by atoms with E-state index >= 15 is 0 Å². The van der Waals surface area contributed by atoms with Crippen molar-refractivity contribution in [1.29, 1.82) is 0 Å². The van der Waals surface area contributed by atoms with Gasteiger partial charge in [0.25, 0.3) is 0 Å². The monoisotopic (exact) mass is 214 g/mol. The van der Waals surface area contributed by atoms with E-state index in [2.05, 4.69) is 6.07 Å². The smallest absolute Gasteiger partial charge is 0.202 e. The molecule has 0 fully saturated rings. The molecule has 0 bridgehead atoms. The second kappa shape index (κ2) is 4.35. The largest absolute Gasteiger partial charge is 0.461 e. The van der Waals surface area contributed by atoms with E-state index < -0.39 is 0 Å². The number of hydrogen-bond donors (Lipinski definition) is 0. The van der Waals surface area contributed by atoms with Crippen molar-refractivity contribution >= 4 is 5.78 Å². The zero-order chi connectivity index (χ0) is 11.5. The Balaban J connectivity index is 2.18. The van der Waals surface area contributed by atoms with Gasteiger partial charge in [-0.2, -0.15) is 0 Å². The van der Waals surface area contributed by atoms with Crippen molar-refractivity contribution in [2.24, 2.45) is 0 Å². The fourth-order valence-electron chi connectivity index (χ4n) is 1.88. The summed E-state index contributed by atoms with van der Waals surface area (Å²) in [7, 11) is 0. The van der Waals surface area contributed by atoms with Crippen LogP contribution < -0.4 is 0 Å². The fraction of sp³-hybridized carbons (Fsp3) is 0.214. The molecule has 0 aliphatic carbocycles. The molecule has 0 spiro atoms. The molecule has 0 saturated heterocycles. The SMILES string of the molecule is Cc1cc(C)cc(CC(=O)c2ccco2)c1. The first-order valence-corrected chi connectivity index (χ1v) is 5.29. The molecule has 2 nitrogen and oxygen atoms in total. The maximum atomic E-state index is 11.8. The van der Waals surface area contributed by atoms with Crippen LogP contribution >= 0.6 is 0 Å². The lowest BCUT2D eigenvalue weighted by Crippen LogP contribution is -2.02. The van der Waals surface area contributed by atoms with E-state index in [4.69, 9.17) is 4.42 Å². The number of hydrogen-bond acceptors (Lipinski definition) is 2. The molecule has 2 rings (SSSR count). The summed E-state index contributed by atoms with van der Waals surface area (Å²) >= 11 is 0. The molecule has 0 amide bonds. The zero-order valence-electron chi connectivity index (χ0n) is 9.49. The molecule has 0 unspecified atom stereocenters. The quantitative estimate of drug-likeness (QED) is 0.734. The number of carbonyl (C=O) groups is 1. The topological polar surface area (TPSA) is 30.2 Å². The summed E-state index contributed by atoms with van der Waals surface area (Å²) < 4.78 is 5.08. The molecule has 0 aliphatic rings. The Morgan fingerprint density at radius 1 is 1.19 bits per heavy atom. The minimum absolute atomic E-state index is 0.0231. The van der Waals surface area contributed by atoms with Gasteiger partial charge in [0, 0.05) is 6.42 Å². The predicted molar refractivity (Wildman–Crippen MR) is 62.7 cm³/mol. The third-order valence-corrected chi connectivity index (χ3v) is 2.44. The first kappa shape index (κ1) is 10.7. The van der Waals surface area contributed by atoms with Gasteiger partial charge in [0.2, 0.25) is 5.78 Å². The average molecular weight is 214 g/mol. The first-order valence-electron chi connectivity index (χ1n) is 5.29. The third kappa shape index (κ3) is 2.40. The number of Topliss-reactive ketones (excluding diaryl/α,β-unsaturated/α-hetero) is 1. The van der Waals surface area contributed by atoms with Gasteiger partial charge in [0.15, 0.2) is 5.76 Å². The third-order valence-electron chi connectivity index (χ3n) is 2.44. The summed E-state index contributed by atoms with van der Waals surface area (Å²) in [5, 5.41) is 0. The van der Waals surface area contributed by atoms with Crippen molar-refractivity contribution in [3.63, 3.8) is 0 Å². The van der Waals surface area contributed by atoms with Crippen LogP contribution in [0.4, 0.5) is 0 Å². The second-order valence-electron chi connectivity index (χ2n) is 4.07. The van der Waals surface area contributed by atoms with E-state index in [9.17, 15) is 4.79 Å². The van der Waals surface area contributed by atoms with Crippen molar-refractivity contribution in [3.05, 3.63) is 59.0 Å². The van der Waals surface area contributed by atoms with Gasteiger partial charge in [0.1, 0.15) is 0 Å². The van der Waals surface area contributed by atoms with Crippen LogP contribution in [0.5, 0.6) is 0 Å². The lowest BCUT2D eigenvalue weighted by Gasteiger charge is -2.03. The highest BCUT2D eigenvalue weighted by Crippen LogP contribution is 2.12. The van der Waals surface area contributed by atoms with Crippen LogP contribution in [-0.4, -0.2) is 5.78 Å². The van der Waals surface area contributed by atoms with Crippen molar-refractivity contribution in [2.45, 2.75) is 20.3 Å². The van der Waals surface area contributed by atoms with Gasteiger partial charge in [-0.15, -0.1) is 0 Å². The summed E-state index contributed by atoms with van der Waals surface area (Å²) in [6.45, 7) is 4.07. The van der Waals surface area contributed by atoms with Gasteiger partial charge in [0.05, 0.1) is 6.26 Å². The Morgan fingerprint density at radius 2 is 1.88 bits per heavy atom. The maximum Gasteiger partial charge on any atom is 0.202 e. The van der Waals surface area contributed by atoms with Crippen LogP contribution in [0.25, 0.3) is 0 Å². The molecule has 0 atom stereocenters. The first-order chi connectivity index (χ1) is 7.65. The Labute approximate surface area is 94.9 Å². The molecule has 16 heavy (non-hydrogen) atoms. The Bertz CT molecular complexity index is 475. The molecule has 0 N–H and O–H groups in total.